The maximum Gasteiger partial charge on any atom is 0.331 e. The zero-order valence-electron chi connectivity index (χ0n) is 28.7. The van der Waals surface area contributed by atoms with Crippen LogP contribution in [0.3, 0.4) is 0 Å². The van der Waals surface area contributed by atoms with Crippen LogP contribution in [0.1, 0.15) is 97.5 Å². The van der Waals surface area contributed by atoms with Gasteiger partial charge in [-0.15, -0.1) is 5.73 Å². The van der Waals surface area contributed by atoms with E-state index in [-0.39, 0.29) is 5.78 Å². The zero-order valence-corrected chi connectivity index (χ0v) is 28.7. The maximum atomic E-state index is 14.5. The summed E-state index contributed by atoms with van der Waals surface area (Å²) in [6, 6.07) is 21.0. The molecule has 5 aromatic rings. The Morgan fingerprint density at radius 1 is 0.957 bits per heavy atom. The number of ketones is 1. The molecule has 0 saturated carbocycles. The molecule has 0 aliphatic heterocycles. The minimum atomic E-state index is -0.464. The predicted molar refractivity (Wildman–Crippen MR) is 196 cm³/mol. The topological polar surface area (TPSA) is 60.7 Å². The fourth-order valence-corrected chi connectivity index (χ4v) is 7.04. The third kappa shape index (κ3) is 7.01. The molecule has 0 amide bonds. The highest BCUT2D eigenvalue weighted by molar-refractivity contribution is 6.26. The summed E-state index contributed by atoms with van der Waals surface area (Å²) in [5, 5.41) is 8.38. The number of fused-ring (bicyclic) bond motifs is 5. The van der Waals surface area contributed by atoms with Crippen molar-refractivity contribution in [1.29, 1.82) is 0 Å². The molecular weight excluding hydrogens is 580 g/mol. The van der Waals surface area contributed by atoms with E-state index >= 15 is 0 Å². The van der Waals surface area contributed by atoms with Crippen molar-refractivity contribution in [1.82, 2.24) is 4.57 Å². The standard InChI is InChI=1S/C42H46N2O3/c1-8-11-13-19-38(43-47-30(7)45)32-20-21-39-35(24-32)36-25-37(42(46)40-28(5)22-27(4)23-29(40)6)33-17-14-15-18-34(33)41(36)44(39)26-31(10-3)16-12-9-2/h11,14-15,17-18,20-25,31H,1,9-10,12-13,16,19,26H2,2-7H3. The number of oxime groups is 1. The van der Waals surface area contributed by atoms with E-state index in [9.17, 15) is 9.59 Å². The highest BCUT2D eigenvalue weighted by atomic mass is 16.7. The summed E-state index contributed by atoms with van der Waals surface area (Å²) in [7, 11) is 0. The van der Waals surface area contributed by atoms with Crippen molar-refractivity contribution in [3.8, 4) is 0 Å². The number of aryl methyl sites for hydroxylation is 3. The first-order valence-corrected chi connectivity index (χ1v) is 16.9. The van der Waals surface area contributed by atoms with E-state index in [0.717, 1.165) is 73.4 Å². The molecular formula is C42H46N2O3. The first-order chi connectivity index (χ1) is 22.7. The van der Waals surface area contributed by atoms with Gasteiger partial charge in [0.2, 0.25) is 0 Å². The van der Waals surface area contributed by atoms with E-state index in [1.807, 2.05) is 26.0 Å². The number of carbonyl (C=O) groups is 2. The molecule has 5 rings (SSSR count). The van der Waals surface area contributed by atoms with Crippen LogP contribution in [-0.4, -0.2) is 22.0 Å². The van der Waals surface area contributed by atoms with E-state index in [1.165, 1.54) is 26.2 Å². The fraction of sp³-hybridized carbons (Fsp3) is 0.333. The van der Waals surface area contributed by atoms with Crippen LogP contribution < -0.4 is 0 Å². The summed E-state index contributed by atoms with van der Waals surface area (Å²) >= 11 is 0. The maximum absolute atomic E-state index is 14.5. The van der Waals surface area contributed by atoms with Gasteiger partial charge in [-0.25, -0.2) is 4.79 Å². The third-order valence-electron chi connectivity index (χ3n) is 9.28. The Hall–Kier alpha value is -4.73. The van der Waals surface area contributed by atoms with Crippen LogP contribution in [0.4, 0.5) is 0 Å². The molecule has 0 N–H and O–H groups in total. The lowest BCUT2D eigenvalue weighted by molar-refractivity contribution is -0.140. The number of benzene rings is 4. The van der Waals surface area contributed by atoms with E-state index in [1.54, 1.807) is 0 Å². The van der Waals surface area contributed by atoms with Crippen LogP contribution in [0.15, 0.2) is 84.2 Å². The number of hydrogen-bond acceptors (Lipinski definition) is 4. The van der Waals surface area contributed by atoms with Crippen molar-refractivity contribution < 1.29 is 14.4 Å². The number of unbranched alkanes of at least 4 members (excludes halogenated alkanes) is 1. The van der Waals surface area contributed by atoms with Crippen LogP contribution in [-0.2, 0) is 16.2 Å². The number of rotatable bonds is 13. The Morgan fingerprint density at radius 2 is 1.68 bits per heavy atom. The lowest BCUT2D eigenvalue weighted by Gasteiger charge is -2.19. The van der Waals surface area contributed by atoms with Crippen LogP contribution >= 0.6 is 0 Å². The quantitative estimate of drug-likeness (QED) is 0.0429. The first kappa shape index (κ1) is 33.6. The van der Waals surface area contributed by atoms with Crippen molar-refractivity contribution in [2.75, 3.05) is 0 Å². The molecule has 0 fully saturated rings. The molecule has 1 unspecified atom stereocenters. The Morgan fingerprint density at radius 3 is 2.34 bits per heavy atom. The van der Waals surface area contributed by atoms with Crippen LogP contribution in [0.5, 0.6) is 0 Å². The van der Waals surface area contributed by atoms with Crippen molar-refractivity contribution in [2.24, 2.45) is 11.1 Å². The molecule has 0 radical (unpaired) electrons. The second-order valence-corrected chi connectivity index (χ2v) is 12.8. The van der Waals surface area contributed by atoms with E-state index in [0.29, 0.717) is 30.0 Å². The van der Waals surface area contributed by atoms with Gasteiger partial charge in [-0.1, -0.05) is 92.9 Å². The highest BCUT2D eigenvalue weighted by Gasteiger charge is 2.23. The number of aromatic nitrogens is 1. The molecule has 0 aliphatic carbocycles. The summed E-state index contributed by atoms with van der Waals surface area (Å²) in [5.41, 5.74) is 11.2. The summed E-state index contributed by atoms with van der Waals surface area (Å²) in [6.07, 6.45) is 7.71. The Kier molecular flexibility index (Phi) is 10.6. The fourth-order valence-electron chi connectivity index (χ4n) is 7.04. The van der Waals surface area contributed by atoms with Gasteiger partial charge in [-0.05, 0) is 86.7 Å². The number of allylic oxidation sites excluding steroid dienone is 1. The Bertz CT molecular complexity index is 2030. The van der Waals surface area contributed by atoms with E-state index in [4.69, 9.17) is 4.84 Å². The summed E-state index contributed by atoms with van der Waals surface area (Å²) in [5.74, 6) is 0.101. The minimum absolute atomic E-state index is 0.0397. The van der Waals surface area contributed by atoms with Gasteiger partial charge in [0.25, 0.3) is 0 Å². The van der Waals surface area contributed by atoms with Crippen molar-refractivity contribution in [3.05, 3.63) is 112 Å². The monoisotopic (exact) mass is 626 g/mol. The number of carbonyl (C=O) groups excluding carboxylic acids is 2. The van der Waals surface area contributed by atoms with Gasteiger partial charge >= 0.3 is 5.97 Å². The Balaban J connectivity index is 1.83. The lowest BCUT2D eigenvalue weighted by atomic mass is 9.89. The molecule has 4 aromatic carbocycles. The molecule has 0 saturated heterocycles. The molecule has 1 aromatic heterocycles. The van der Waals surface area contributed by atoms with Gasteiger partial charge in [0.1, 0.15) is 0 Å². The second kappa shape index (κ2) is 14.8. The lowest BCUT2D eigenvalue weighted by Crippen LogP contribution is -2.11. The highest BCUT2D eigenvalue weighted by Crippen LogP contribution is 2.39. The van der Waals surface area contributed by atoms with Crippen LogP contribution in [0, 0.1) is 26.7 Å². The molecule has 0 spiro atoms. The zero-order chi connectivity index (χ0) is 33.7. The first-order valence-electron chi connectivity index (χ1n) is 16.9. The Labute approximate surface area is 278 Å². The minimum Gasteiger partial charge on any atom is -0.340 e. The molecule has 242 valence electrons. The second-order valence-electron chi connectivity index (χ2n) is 12.8. The third-order valence-corrected chi connectivity index (χ3v) is 9.28. The molecule has 1 atom stereocenters. The average molecular weight is 627 g/mol. The number of nitrogens with zero attached hydrogens (tertiary/aromatic N) is 2. The van der Waals surface area contributed by atoms with Crippen LogP contribution in [0.25, 0.3) is 32.6 Å². The summed E-state index contributed by atoms with van der Waals surface area (Å²) in [4.78, 5) is 31.4. The summed E-state index contributed by atoms with van der Waals surface area (Å²) in [6.45, 7) is 16.6. The normalized spacial score (nSPS) is 12.4. The molecule has 5 nitrogen and oxygen atoms in total. The van der Waals surface area contributed by atoms with Gasteiger partial charge < -0.3 is 9.40 Å². The molecule has 0 bridgehead atoms. The smallest absolute Gasteiger partial charge is 0.331 e. The van der Waals surface area contributed by atoms with Gasteiger partial charge in [0.05, 0.1) is 11.2 Å². The number of hydrogen-bond donors (Lipinski definition) is 0. The SMILES string of the molecule is C=C=CCCC(=NOC(C)=O)c1ccc2c(c1)c1cc(C(=O)c3c(C)cc(C)cc3C)c3ccccc3c1n2CC(CC)CCCC. The van der Waals surface area contributed by atoms with Gasteiger partial charge in [0, 0.05) is 51.8 Å². The van der Waals surface area contributed by atoms with Crippen molar-refractivity contribution in [2.45, 2.75) is 86.6 Å². The van der Waals surface area contributed by atoms with Gasteiger partial charge in [-0.3, -0.25) is 4.79 Å². The van der Waals surface area contributed by atoms with E-state index < -0.39 is 5.97 Å². The molecule has 1 heterocycles. The largest absolute Gasteiger partial charge is 0.340 e. The molecule has 0 aliphatic rings. The predicted octanol–water partition coefficient (Wildman–Crippen LogP) is 10.7. The average Bonchev–Trinajstić information content (AvgIpc) is 3.36. The van der Waals surface area contributed by atoms with E-state index in [2.05, 4.69) is 97.4 Å². The van der Waals surface area contributed by atoms with Gasteiger partial charge in [-0.2, -0.15) is 0 Å². The molecule has 5 heteroatoms. The molecule has 47 heavy (non-hydrogen) atoms. The van der Waals surface area contributed by atoms with Gasteiger partial charge in [0.15, 0.2) is 5.78 Å². The van der Waals surface area contributed by atoms with Crippen molar-refractivity contribution >= 4 is 50.0 Å². The van der Waals surface area contributed by atoms with Crippen LogP contribution in [0.2, 0.25) is 0 Å². The van der Waals surface area contributed by atoms with Crippen molar-refractivity contribution in [3.63, 3.8) is 0 Å². The summed E-state index contributed by atoms with van der Waals surface area (Å²) < 4.78 is 2.47.